The molecular formula is C22H32N6OS. The molecule has 30 heavy (non-hydrogen) atoms. The van der Waals surface area contributed by atoms with Crippen molar-refractivity contribution in [1.82, 2.24) is 20.1 Å². The summed E-state index contributed by atoms with van der Waals surface area (Å²) in [5.74, 6) is 0.800. The van der Waals surface area contributed by atoms with Crippen LogP contribution >= 0.6 is 11.8 Å². The average Bonchev–Trinajstić information content (AvgIpc) is 3.16. The van der Waals surface area contributed by atoms with Gasteiger partial charge in [0.05, 0.1) is 11.8 Å². The van der Waals surface area contributed by atoms with Gasteiger partial charge < -0.3 is 14.8 Å². The summed E-state index contributed by atoms with van der Waals surface area (Å²) in [6.45, 7) is 14.5. The van der Waals surface area contributed by atoms with Crippen molar-refractivity contribution < 1.29 is 4.79 Å². The number of aromatic nitrogens is 3. The third-order valence-corrected chi connectivity index (χ3v) is 6.37. The maximum Gasteiger partial charge on any atom is 0.231 e. The first-order valence-electron chi connectivity index (χ1n) is 10.4. The predicted octanol–water partition coefficient (Wildman–Crippen LogP) is 3.96. The zero-order valence-corrected chi connectivity index (χ0v) is 19.6. The Morgan fingerprint density at radius 1 is 1.23 bits per heavy atom. The van der Waals surface area contributed by atoms with Gasteiger partial charge in [0, 0.05) is 30.9 Å². The lowest BCUT2D eigenvalue weighted by Crippen LogP contribution is -2.49. The monoisotopic (exact) mass is 428 g/mol. The van der Waals surface area contributed by atoms with E-state index in [2.05, 4.69) is 64.6 Å². The van der Waals surface area contributed by atoms with Gasteiger partial charge in [0.15, 0.2) is 11.0 Å². The highest BCUT2D eigenvalue weighted by molar-refractivity contribution is 7.99. The maximum absolute atomic E-state index is 12.4. The lowest BCUT2D eigenvalue weighted by molar-refractivity contribution is -0.120. The van der Waals surface area contributed by atoms with Crippen molar-refractivity contribution in [3.05, 3.63) is 24.3 Å². The summed E-state index contributed by atoms with van der Waals surface area (Å²) < 4.78 is 2.01. The molecule has 1 atom stereocenters. The average molecular weight is 429 g/mol. The molecule has 0 fully saturated rings. The molecule has 7 nitrogen and oxygen atoms in total. The molecule has 0 saturated carbocycles. The fraction of sp³-hybridized carbons (Fsp3) is 0.545. The van der Waals surface area contributed by atoms with Crippen molar-refractivity contribution in [2.24, 2.45) is 5.92 Å². The predicted molar refractivity (Wildman–Crippen MR) is 122 cm³/mol. The molecule has 1 heterocycles. The molecule has 0 aliphatic heterocycles. The number of hydrogen-bond donors (Lipinski definition) is 1. The van der Waals surface area contributed by atoms with Crippen LogP contribution in [0.2, 0.25) is 0 Å². The second-order valence-electron chi connectivity index (χ2n) is 7.58. The van der Waals surface area contributed by atoms with Gasteiger partial charge in [0.25, 0.3) is 0 Å². The summed E-state index contributed by atoms with van der Waals surface area (Å²) in [6, 6.07) is 10.5. The zero-order valence-electron chi connectivity index (χ0n) is 18.8. The van der Waals surface area contributed by atoms with Crippen LogP contribution < -0.4 is 10.2 Å². The van der Waals surface area contributed by atoms with E-state index < -0.39 is 5.54 Å². The van der Waals surface area contributed by atoms with E-state index in [-0.39, 0.29) is 17.6 Å². The van der Waals surface area contributed by atoms with Crippen molar-refractivity contribution in [3.8, 4) is 17.5 Å². The number of thioether (sulfide) groups is 1. The molecule has 162 valence electrons. The number of carbonyl (C=O) groups excluding carboxylic acids is 1. The summed E-state index contributed by atoms with van der Waals surface area (Å²) in [5, 5.41) is 21.6. The third kappa shape index (κ3) is 5.33. The quantitative estimate of drug-likeness (QED) is 0.577. The van der Waals surface area contributed by atoms with Gasteiger partial charge in [-0.15, -0.1) is 10.2 Å². The number of amides is 1. The van der Waals surface area contributed by atoms with Crippen LogP contribution in [0.5, 0.6) is 0 Å². The zero-order chi connectivity index (χ0) is 22.3. The Balaban J connectivity index is 2.13. The topological polar surface area (TPSA) is 86.8 Å². The first-order chi connectivity index (χ1) is 14.3. The summed E-state index contributed by atoms with van der Waals surface area (Å²) in [7, 11) is 0. The summed E-state index contributed by atoms with van der Waals surface area (Å²) in [4.78, 5) is 14.7. The smallest absolute Gasteiger partial charge is 0.231 e. The van der Waals surface area contributed by atoms with Gasteiger partial charge in [-0.1, -0.05) is 25.6 Å². The highest BCUT2D eigenvalue weighted by Gasteiger charge is 2.30. The van der Waals surface area contributed by atoms with Crippen molar-refractivity contribution >= 4 is 23.4 Å². The largest absolute Gasteiger partial charge is 0.372 e. The van der Waals surface area contributed by atoms with Gasteiger partial charge in [-0.2, -0.15) is 5.26 Å². The lowest BCUT2D eigenvalue weighted by Gasteiger charge is -2.27. The van der Waals surface area contributed by atoms with Crippen LogP contribution in [0.4, 0.5) is 5.69 Å². The molecule has 2 aromatic rings. The van der Waals surface area contributed by atoms with Gasteiger partial charge in [-0.25, -0.2) is 0 Å². The number of nitriles is 1. The van der Waals surface area contributed by atoms with E-state index in [9.17, 15) is 10.1 Å². The van der Waals surface area contributed by atoms with Crippen LogP contribution in [0.25, 0.3) is 11.4 Å². The molecule has 8 heteroatoms. The highest BCUT2D eigenvalue weighted by atomic mass is 32.2. The molecule has 0 bridgehead atoms. The first-order valence-corrected chi connectivity index (χ1v) is 11.4. The number of carbonyl (C=O) groups is 1. The molecular weight excluding hydrogens is 396 g/mol. The number of nitrogens with zero attached hydrogens (tertiary/aromatic N) is 5. The minimum atomic E-state index is -0.881. The van der Waals surface area contributed by atoms with Crippen LogP contribution in [0.1, 0.15) is 41.5 Å². The minimum absolute atomic E-state index is 0.0154. The lowest BCUT2D eigenvalue weighted by atomic mass is 9.90. The van der Waals surface area contributed by atoms with E-state index in [4.69, 9.17) is 0 Å². The summed E-state index contributed by atoms with van der Waals surface area (Å²) in [6.07, 6.45) is 0. The summed E-state index contributed by atoms with van der Waals surface area (Å²) >= 11 is 1.33. The van der Waals surface area contributed by atoms with Crippen LogP contribution in [-0.4, -0.2) is 45.1 Å². The van der Waals surface area contributed by atoms with Crippen molar-refractivity contribution in [2.45, 2.75) is 58.8 Å². The third-order valence-electron chi connectivity index (χ3n) is 5.41. The number of hydrogen-bond acceptors (Lipinski definition) is 6. The molecule has 0 aliphatic carbocycles. The van der Waals surface area contributed by atoms with Crippen LogP contribution in [0.15, 0.2) is 29.4 Å². The van der Waals surface area contributed by atoms with Gasteiger partial charge >= 0.3 is 0 Å². The maximum atomic E-state index is 12.4. The van der Waals surface area contributed by atoms with Gasteiger partial charge in [0.1, 0.15) is 5.54 Å². The highest BCUT2D eigenvalue weighted by Crippen LogP contribution is 2.26. The Morgan fingerprint density at radius 2 is 1.87 bits per heavy atom. The molecule has 2 rings (SSSR count). The van der Waals surface area contributed by atoms with Crippen molar-refractivity contribution in [1.29, 1.82) is 5.26 Å². The Morgan fingerprint density at radius 3 is 2.37 bits per heavy atom. The standard InChI is InChI=1S/C22H32N6OS/c1-7-27(8-2)18-12-10-17(11-13-18)20-25-26-21(28(20)9-3)30-14-19(29)24-22(6,15-23)16(4)5/h10-13,16H,7-9,14H2,1-6H3,(H,24,29)/t22-/m1/s1. The molecule has 0 unspecified atom stereocenters. The van der Waals surface area contributed by atoms with E-state index in [1.165, 1.54) is 17.4 Å². The van der Waals surface area contributed by atoms with E-state index in [0.717, 1.165) is 24.5 Å². The first kappa shape index (κ1) is 23.7. The molecule has 0 aliphatic rings. The normalized spacial score (nSPS) is 13.0. The number of benzene rings is 1. The Kier molecular flexibility index (Phi) is 8.30. The van der Waals surface area contributed by atoms with Gasteiger partial charge in [0.2, 0.25) is 5.91 Å². The molecule has 1 aromatic heterocycles. The van der Waals surface area contributed by atoms with Crippen molar-refractivity contribution in [3.63, 3.8) is 0 Å². The number of rotatable bonds is 10. The fourth-order valence-electron chi connectivity index (χ4n) is 3.06. The van der Waals surface area contributed by atoms with Crippen LogP contribution in [0.3, 0.4) is 0 Å². The SMILES string of the molecule is CCN(CC)c1ccc(-c2nnc(SCC(=O)N[C@](C)(C#N)C(C)C)n2CC)cc1. The summed E-state index contributed by atoms with van der Waals surface area (Å²) in [5.41, 5.74) is 1.30. The van der Waals surface area contributed by atoms with Crippen LogP contribution in [0, 0.1) is 17.2 Å². The van der Waals surface area contributed by atoms with E-state index in [1.807, 2.05) is 25.3 Å². The second kappa shape index (κ2) is 10.5. The molecule has 0 spiro atoms. The molecule has 0 saturated heterocycles. The Bertz CT molecular complexity index is 882. The molecule has 1 aromatic carbocycles. The Hall–Kier alpha value is -2.53. The van der Waals surface area contributed by atoms with Gasteiger partial charge in [-0.05, 0) is 57.9 Å². The number of nitrogens with one attached hydrogen (secondary N) is 1. The van der Waals surface area contributed by atoms with Crippen molar-refractivity contribution in [2.75, 3.05) is 23.7 Å². The fourth-order valence-corrected chi connectivity index (χ4v) is 3.86. The minimum Gasteiger partial charge on any atom is -0.372 e. The number of anilines is 1. The Labute approximate surface area is 183 Å². The van der Waals surface area contributed by atoms with E-state index in [1.54, 1.807) is 6.92 Å². The van der Waals surface area contributed by atoms with Crippen LogP contribution in [-0.2, 0) is 11.3 Å². The van der Waals surface area contributed by atoms with Gasteiger partial charge in [-0.3, -0.25) is 4.79 Å². The van der Waals surface area contributed by atoms with E-state index >= 15 is 0 Å². The molecule has 0 radical (unpaired) electrons. The van der Waals surface area contributed by atoms with E-state index in [0.29, 0.717) is 11.7 Å². The molecule has 1 amide bonds. The molecule has 1 N–H and O–H groups in total. The second-order valence-corrected chi connectivity index (χ2v) is 8.52.